The van der Waals surface area contributed by atoms with Crippen molar-refractivity contribution in [3.8, 4) is 5.75 Å². The summed E-state index contributed by atoms with van der Waals surface area (Å²) in [6.07, 6.45) is 1.16. The van der Waals surface area contributed by atoms with Crippen LogP contribution in [0.1, 0.15) is 24.5 Å². The molecule has 23 heavy (non-hydrogen) atoms. The summed E-state index contributed by atoms with van der Waals surface area (Å²) < 4.78 is 18.1. The fraction of sp³-hybridized carbons (Fsp3) is 0.312. The average molecular weight is 316 g/mol. The lowest BCUT2D eigenvalue weighted by molar-refractivity contribution is 0.138. The van der Waals surface area contributed by atoms with Crippen molar-refractivity contribution < 1.29 is 13.9 Å². The number of benzene rings is 1. The predicted molar refractivity (Wildman–Crippen MR) is 82.4 cm³/mol. The number of halogens is 1. The molecule has 2 heterocycles. The van der Waals surface area contributed by atoms with Crippen LogP contribution in [0.4, 0.5) is 15.0 Å². The van der Waals surface area contributed by atoms with Crippen LogP contribution in [0.2, 0.25) is 0 Å². The van der Waals surface area contributed by atoms with E-state index in [1.54, 1.807) is 11.0 Å². The highest BCUT2D eigenvalue weighted by molar-refractivity contribution is 5.70. The number of likely N-dealkylation sites (tertiary alicyclic amines) is 1. The number of nitrogen functional groups attached to an aromatic ring is 1. The Kier molecular flexibility index (Phi) is 4.36. The highest BCUT2D eigenvalue weighted by Crippen LogP contribution is 2.27. The number of amides is 1. The van der Waals surface area contributed by atoms with Gasteiger partial charge in [0.1, 0.15) is 17.4 Å². The first-order valence-electron chi connectivity index (χ1n) is 7.43. The van der Waals surface area contributed by atoms with Gasteiger partial charge < -0.3 is 15.4 Å². The molecule has 0 atom stereocenters. The summed E-state index contributed by atoms with van der Waals surface area (Å²) in [5.41, 5.74) is 6.43. The van der Waals surface area contributed by atoms with Gasteiger partial charge in [-0.05, 0) is 49.2 Å². The van der Waals surface area contributed by atoms with E-state index in [2.05, 4.69) is 10.2 Å². The first-order chi connectivity index (χ1) is 11.1. The standard InChI is InChI=1S/C16H17FN4O2/c17-12-1-3-13(4-2-12)23-16(22)21-9-7-11(8-10-21)14-5-6-15(18)20-19-14/h1-6,11H,7-10H2,(H2,18,20). The number of rotatable bonds is 2. The summed E-state index contributed by atoms with van der Waals surface area (Å²) in [6, 6.07) is 8.99. The maximum absolute atomic E-state index is 12.8. The normalized spacial score (nSPS) is 15.4. The molecule has 1 amide bonds. The van der Waals surface area contributed by atoms with Gasteiger partial charge in [0.15, 0.2) is 0 Å². The van der Waals surface area contributed by atoms with E-state index in [1.165, 1.54) is 24.3 Å². The molecule has 0 spiro atoms. The van der Waals surface area contributed by atoms with E-state index in [-0.39, 0.29) is 11.7 Å². The Bertz CT molecular complexity index is 667. The van der Waals surface area contributed by atoms with Gasteiger partial charge >= 0.3 is 6.09 Å². The smallest absolute Gasteiger partial charge is 0.410 e. The molecule has 1 saturated heterocycles. The molecule has 3 rings (SSSR count). The van der Waals surface area contributed by atoms with Crippen molar-refractivity contribution in [3.63, 3.8) is 0 Å². The average Bonchev–Trinajstić information content (AvgIpc) is 2.58. The lowest BCUT2D eigenvalue weighted by Crippen LogP contribution is -2.39. The molecule has 1 fully saturated rings. The van der Waals surface area contributed by atoms with E-state index in [9.17, 15) is 9.18 Å². The van der Waals surface area contributed by atoms with E-state index in [0.717, 1.165) is 18.5 Å². The van der Waals surface area contributed by atoms with Gasteiger partial charge in [-0.2, -0.15) is 5.10 Å². The highest BCUT2D eigenvalue weighted by Gasteiger charge is 2.26. The Morgan fingerprint density at radius 1 is 1.13 bits per heavy atom. The van der Waals surface area contributed by atoms with Gasteiger partial charge in [-0.3, -0.25) is 0 Å². The third-order valence-electron chi connectivity index (χ3n) is 3.90. The monoisotopic (exact) mass is 316 g/mol. The summed E-state index contributed by atoms with van der Waals surface area (Å²) in [4.78, 5) is 13.7. The minimum Gasteiger partial charge on any atom is -0.410 e. The first-order valence-corrected chi connectivity index (χ1v) is 7.43. The number of carbonyl (C=O) groups excluding carboxylic acids is 1. The van der Waals surface area contributed by atoms with Crippen molar-refractivity contribution >= 4 is 11.9 Å². The second-order valence-electron chi connectivity index (χ2n) is 5.47. The number of carbonyl (C=O) groups is 1. The van der Waals surface area contributed by atoms with Gasteiger partial charge in [-0.15, -0.1) is 5.10 Å². The van der Waals surface area contributed by atoms with E-state index in [1.807, 2.05) is 6.07 Å². The van der Waals surface area contributed by atoms with Crippen LogP contribution >= 0.6 is 0 Å². The summed E-state index contributed by atoms with van der Waals surface area (Å²) in [6.45, 7) is 1.16. The van der Waals surface area contributed by atoms with Crippen molar-refractivity contribution in [2.24, 2.45) is 0 Å². The van der Waals surface area contributed by atoms with Crippen LogP contribution in [0.15, 0.2) is 36.4 Å². The van der Waals surface area contributed by atoms with Crippen LogP contribution in [0.5, 0.6) is 5.75 Å². The van der Waals surface area contributed by atoms with E-state index < -0.39 is 6.09 Å². The van der Waals surface area contributed by atoms with E-state index in [4.69, 9.17) is 10.5 Å². The number of anilines is 1. The van der Waals surface area contributed by atoms with Gasteiger partial charge in [0.25, 0.3) is 0 Å². The molecule has 120 valence electrons. The minimum absolute atomic E-state index is 0.262. The van der Waals surface area contributed by atoms with Crippen LogP contribution in [-0.4, -0.2) is 34.3 Å². The van der Waals surface area contributed by atoms with Crippen molar-refractivity contribution in [1.82, 2.24) is 15.1 Å². The summed E-state index contributed by atoms with van der Waals surface area (Å²) >= 11 is 0. The molecule has 0 unspecified atom stereocenters. The van der Waals surface area contributed by atoms with Gasteiger partial charge in [0, 0.05) is 19.0 Å². The number of ether oxygens (including phenoxy) is 1. The molecule has 6 nitrogen and oxygen atoms in total. The van der Waals surface area contributed by atoms with Gasteiger partial charge in [-0.25, -0.2) is 9.18 Å². The molecule has 1 aromatic heterocycles. The molecular weight excluding hydrogens is 299 g/mol. The van der Waals surface area contributed by atoms with Gasteiger partial charge in [0.2, 0.25) is 0 Å². The van der Waals surface area contributed by atoms with Crippen LogP contribution in [0, 0.1) is 5.82 Å². The number of piperidine rings is 1. The molecule has 1 aliphatic heterocycles. The third-order valence-corrected chi connectivity index (χ3v) is 3.90. The quantitative estimate of drug-likeness (QED) is 0.921. The zero-order valence-electron chi connectivity index (χ0n) is 12.5. The second-order valence-corrected chi connectivity index (χ2v) is 5.47. The van der Waals surface area contributed by atoms with Gasteiger partial charge in [0.05, 0.1) is 5.69 Å². The summed E-state index contributed by atoms with van der Waals surface area (Å²) in [5.74, 6) is 0.630. The molecule has 2 N–H and O–H groups in total. The largest absolute Gasteiger partial charge is 0.415 e. The van der Waals surface area contributed by atoms with E-state index in [0.29, 0.717) is 24.7 Å². The Labute approximate surface area is 133 Å². The van der Waals surface area contributed by atoms with E-state index >= 15 is 0 Å². The second kappa shape index (κ2) is 6.60. The van der Waals surface area contributed by atoms with Crippen LogP contribution in [0.25, 0.3) is 0 Å². The molecule has 2 aromatic rings. The topological polar surface area (TPSA) is 81.3 Å². The SMILES string of the molecule is Nc1ccc(C2CCN(C(=O)Oc3ccc(F)cc3)CC2)nn1. The van der Waals surface area contributed by atoms with Gasteiger partial charge in [-0.1, -0.05) is 0 Å². The maximum Gasteiger partial charge on any atom is 0.415 e. The molecule has 0 aliphatic carbocycles. The van der Waals surface area contributed by atoms with Crippen molar-refractivity contribution in [3.05, 3.63) is 47.9 Å². The molecule has 1 aliphatic rings. The third kappa shape index (κ3) is 3.74. The molecule has 1 aromatic carbocycles. The molecule has 7 heteroatoms. The minimum atomic E-state index is -0.418. The fourth-order valence-corrected chi connectivity index (χ4v) is 2.60. The van der Waals surface area contributed by atoms with Crippen molar-refractivity contribution in [1.29, 1.82) is 0 Å². The number of nitrogens with zero attached hydrogens (tertiary/aromatic N) is 3. The number of hydrogen-bond donors (Lipinski definition) is 1. The predicted octanol–water partition coefficient (Wildman–Crippen LogP) is 2.58. The zero-order valence-corrected chi connectivity index (χ0v) is 12.5. The van der Waals surface area contributed by atoms with Crippen LogP contribution in [-0.2, 0) is 0 Å². The Balaban J connectivity index is 1.54. The lowest BCUT2D eigenvalue weighted by atomic mass is 9.93. The molecule has 0 bridgehead atoms. The van der Waals surface area contributed by atoms with Crippen LogP contribution in [0.3, 0.4) is 0 Å². The van der Waals surface area contributed by atoms with Crippen LogP contribution < -0.4 is 10.5 Å². The Morgan fingerprint density at radius 3 is 2.43 bits per heavy atom. The number of aromatic nitrogens is 2. The zero-order chi connectivity index (χ0) is 16.2. The highest BCUT2D eigenvalue weighted by atomic mass is 19.1. The molecular formula is C16H17FN4O2. The van der Waals surface area contributed by atoms with Crippen molar-refractivity contribution in [2.75, 3.05) is 18.8 Å². The first kappa shape index (κ1) is 15.2. The Morgan fingerprint density at radius 2 is 1.83 bits per heavy atom. The maximum atomic E-state index is 12.8. The molecule has 0 saturated carbocycles. The Hall–Kier alpha value is -2.70. The lowest BCUT2D eigenvalue weighted by Gasteiger charge is -2.30. The number of nitrogens with two attached hydrogens (primary N) is 1. The fourth-order valence-electron chi connectivity index (χ4n) is 2.60. The summed E-state index contributed by atoms with van der Waals surface area (Å²) in [7, 11) is 0. The van der Waals surface area contributed by atoms with Crippen molar-refractivity contribution in [2.45, 2.75) is 18.8 Å². The molecule has 0 radical (unpaired) electrons. The number of hydrogen-bond acceptors (Lipinski definition) is 5. The summed E-state index contributed by atoms with van der Waals surface area (Å²) in [5, 5.41) is 7.97.